The third kappa shape index (κ3) is 4.97. The van der Waals surface area contributed by atoms with E-state index in [2.05, 4.69) is 25.2 Å². The van der Waals surface area contributed by atoms with Gasteiger partial charge in [0.15, 0.2) is 0 Å². The van der Waals surface area contributed by atoms with Gasteiger partial charge < -0.3 is 25.4 Å². The third-order valence-electron chi connectivity index (χ3n) is 5.46. The van der Waals surface area contributed by atoms with Gasteiger partial charge in [0.2, 0.25) is 0 Å². The monoisotopic (exact) mass is 375 g/mol. The van der Waals surface area contributed by atoms with E-state index in [-0.39, 0.29) is 12.1 Å². The highest BCUT2D eigenvalue weighted by molar-refractivity contribution is 5.87. The van der Waals surface area contributed by atoms with E-state index in [1.807, 2.05) is 33.0 Å². The first-order chi connectivity index (χ1) is 12.9. The van der Waals surface area contributed by atoms with Gasteiger partial charge in [-0.3, -0.25) is 0 Å². The number of H-pyrrole nitrogens is 1. The van der Waals surface area contributed by atoms with Crippen molar-refractivity contribution in [3.05, 3.63) is 18.6 Å². The Bertz CT molecular complexity index is 718. The average molecular weight is 376 g/mol. The number of nitrogens with zero attached hydrogens (tertiary/aromatic N) is 3. The maximum Gasteiger partial charge on any atom is 0.142 e. The number of aromatic amines is 1. The number of aliphatic hydroxyl groups is 2. The van der Waals surface area contributed by atoms with Gasteiger partial charge in [-0.2, -0.15) is 0 Å². The van der Waals surface area contributed by atoms with Gasteiger partial charge in [0, 0.05) is 18.8 Å². The Kier molecular flexibility index (Phi) is 6.34. The minimum atomic E-state index is -0.718. The fourth-order valence-corrected chi connectivity index (χ4v) is 4.21. The quantitative estimate of drug-likeness (QED) is 0.654. The second-order valence-corrected chi connectivity index (χ2v) is 8.32. The van der Waals surface area contributed by atoms with Gasteiger partial charge in [-0.1, -0.05) is 0 Å². The van der Waals surface area contributed by atoms with Crippen molar-refractivity contribution in [3.8, 4) is 0 Å². The Balaban J connectivity index is 0.000000197. The summed E-state index contributed by atoms with van der Waals surface area (Å²) in [5.41, 5.74) is 0.130. The average Bonchev–Trinajstić information content (AvgIpc) is 3.34. The molecular weight excluding hydrogens is 342 g/mol. The lowest BCUT2D eigenvalue weighted by atomic mass is 9.96. The van der Waals surface area contributed by atoms with E-state index in [0.717, 1.165) is 49.2 Å². The first-order valence-electron chi connectivity index (χ1n) is 10.0. The molecule has 4 N–H and O–H groups in total. The molecule has 0 amide bonds. The van der Waals surface area contributed by atoms with Crippen LogP contribution >= 0.6 is 0 Å². The molecule has 2 aromatic heterocycles. The van der Waals surface area contributed by atoms with Crippen molar-refractivity contribution in [2.45, 2.75) is 76.7 Å². The van der Waals surface area contributed by atoms with Gasteiger partial charge in [-0.15, -0.1) is 0 Å². The lowest BCUT2D eigenvalue weighted by Gasteiger charge is -2.34. The van der Waals surface area contributed by atoms with Crippen molar-refractivity contribution < 1.29 is 10.2 Å². The molecule has 150 valence electrons. The van der Waals surface area contributed by atoms with Crippen LogP contribution in [0, 0.1) is 0 Å². The van der Waals surface area contributed by atoms with Crippen LogP contribution in [-0.4, -0.2) is 62.0 Å². The molecule has 2 aromatic rings. The zero-order valence-corrected chi connectivity index (χ0v) is 16.6. The van der Waals surface area contributed by atoms with E-state index in [1.165, 1.54) is 12.8 Å². The van der Waals surface area contributed by atoms with Crippen LogP contribution in [0.25, 0.3) is 11.0 Å². The van der Waals surface area contributed by atoms with E-state index in [1.54, 1.807) is 6.33 Å². The van der Waals surface area contributed by atoms with Crippen LogP contribution in [-0.2, 0) is 0 Å². The lowest BCUT2D eigenvalue weighted by Crippen LogP contribution is -2.46. The topological polar surface area (TPSA) is 97.3 Å². The fourth-order valence-electron chi connectivity index (χ4n) is 4.21. The second kappa shape index (κ2) is 8.54. The number of aliphatic hydroxyl groups excluding tert-OH is 1. The number of aromatic nitrogens is 3. The van der Waals surface area contributed by atoms with Gasteiger partial charge in [0.05, 0.1) is 23.1 Å². The number of rotatable bonds is 4. The zero-order valence-electron chi connectivity index (χ0n) is 16.6. The molecule has 4 rings (SSSR count). The Morgan fingerprint density at radius 2 is 2.11 bits per heavy atom. The molecule has 0 spiro atoms. The Morgan fingerprint density at radius 3 is 2.78 bits per heavy atom. The highest BCUT2D eigenvalue weighted by Crippen LogP contribution is 2.33. The van der Waals surface area contributed by atoms with Gasteiger partial charge in [0.25, 0.3) is 0 Å². The van der Waals surface area contributed by atoms with Gasteiger partial charge >= 0.3 is 0 Å². The van der Waals surface area contributed by atoms with Gasteiger partial charge in [0.1, 0.15) is 17.8 Å². The summed E-state index contributed by atoms with van der Waals surface area (Å²) in [7, 11) is 0. The van der Waals surface area contributed by atoms with Crippen LogP contribution in [0.4, 0.5) is 5.82 Å². The maximum atomic E-state index is 10.3. The molecule has 27 heavy (non-hydrogen) atoms. The maximum absolute atomic E-state index is 10.3. The molecule has 0 saturated carbocycles. The summed E-state index contributed by atoms with van der Waals surface area (Å²) < 4.78 is 0. The second-order valence-electron chi connectivity index (χ2n) is 8.32. The molecule has 0 aliphatic carbocycles. The van der Waals surface area contributed by atoms with Crippen molar-refractivity contribution >= 4 is 16.9 Å². The number of nitrogens with one attached hydrogen (secondary N) is 2. The van der Waals surface area contributed by atoms with Crippen LogP contribution in [0.15, 0.2) is 18.6 Å². The molecule has 2 aliphatic heterocycles. The molecule has 0 radical (unpaired) electrons. The third-order valence-corrected chi connectivity index (χ3v) is 5.46. The number of anilines is 1. The summed E-state index contributed by atoms with van der Waals surface area (Å²) in [5, 5.41) is 23.6. The summed E-state index contributed by atoms with van der Waals surface area (Å²) >= 11 is 0. The van der Waals surface area contributed by atoms with Crippen molar-refractivity contribution in [2.24, 2.45) is 0 Å². The highest BCUT2D eigenvalue weighted by Gasteiger charge is 2.37. The molecule has 0 aromatic carbocycles. The smallest absolute Gasteiger partial charge is 0.142 e. The molecule has 2 aliphatic rings. The summed E-state index contributed by atoms with van der Waals surface area (Å²) in [6.07, 6.45) is 8.83. The Morgan fingerprint density at radius 1 is 1.30 bits per heavy atom. The zero-order chi connectivity index (χ0) is 19.4. The Hall–Kier alpha value is -1.70. The van der Waals surface area contributed by atoms with Crippen LogP contribution in [0.5, 0.6) is 0 Å². The van der Waals surface area contributed by atoms with E-state index in [4.69, 9.17) is 5.11 Å². The normalized spacial score (nSPS) is 24.1. The molecule has 4 heterocycles. The number of hydrogen-bond acceptors (Lipinski definition) is 6. The fraction of sp³-hybridized carbons (Fsp3) is 0.700. The lowest BCUT2D eigenvalue weighted by molar-refractivity contribution is 0.0533. The summed E-state index contributed by atoms with van der Waals surface area (Å²) in [5.74, 6) is 0.922. The van der Waals surface area contributed by atoms with Crippen molar-refractivity contribution in [3.63, 3.8) is 0 Å². The van der Waals surface area contributed by atoms with Crippen molar-refractivity contribution in [1.82, 2.24) is 20.3 Å². The predicted molar refractivity (Wildman–Crippen MR) is 108 cm³/mol. The van der Waals surface area contributed by atoms with E-state index < -0.39 is 5.60 Å². The summed E-state index contributed by atoms with van der Waals surface area (Å²) in [6, 6.07) is 2.69. The van der Waals surface area contributed by atoms with E-state index in [9.17, 15) is 5.11 Å². The van der Waals surface area contributed by atoms with Crippen LogP contribution < -0.4 is 10.2 Å². The molecule has 3 atom stereocenters. The van der Waals surface area contributed by atoms with Crippen LogP contribution in [0.1, 0.15) is 52.9 Å². The number of hydrogen-bond donors (Lipinski definition) is 4. The molecular formula is C20H33N5O2. The molecule has 7 heteroatoms. The van der Waals surface area contributed by atoms with Gasteiger partial charge in [-0.05, 0) is 65.5 Å². The Labute approximate surface area is 161 Å². The standard InChI is InChI=1S/C13H18N4O.C7H15NO/c1-13(2,18)10-4-3-7-17(10)12-9-5-6-14-11(9)15-8-16-12;1-6(9)5-7-3-2-4-8-7/h5-6,8,10,18H,3-4,7H2,1-2H3,(H,14,15,16);6-9H,2-5H2,1H3. The van der Waals surface area contributed by atoms with Crippen LogP contribution in [0.3, 0.4) is 0 Å². The largest absolute Gasteiger partial charge is 0.393 e. The summed E-state index contributed by atoms with van der Waals surface area (Å²) in [6.45, 7) is 7.65. The molecule has 2 saturated heterocycles. The molecule has 0 bridgehead atoms. The first kappa shape index (κ1) is 20.0. The molecule has 3 unspecified atom stereocenters. The minimum Gasteiger partial charge on any atom is -0.393 e. The van der Waals surface area contributed by atoms with E-state index >= 15 is 0 Å². The SMILES string of the molecule is CC(C)(O)C1CCCN1c1ncnc2[nH]ccc12.CC(O)CC1CCCN1. The highest BCUT2D eigenvalue weighted by atomic mass is 16.3. The molecule has 7 nitrogen and oxygen atoms in total. The van der Waals surface area contributed by atoms with Crippen molar-refractivity contribution in [2.75, 3.05) is 18.0 Å². The molecule has 2 fully saturated rings. The predicted octanol–water partition coefficient (Wildman–Crippen LogP) is 2.21. The van der Waals surface area contributed by atoms with Crippen molar-refractivity contribution in [1.29, 1.82) is 0 Å². The van der Waals surface area contributed by atoms with Crippen LogP contribution in [0.2, 0.25) is 0 Å². The minimum absolute atomic E-state index is 0.116. The summed E-state index contributed by atoms with van der Waals surface area (Å²) in [4.78, 5) is 13.9. The number of fused-ring (bicyclic) bond motifs is 1. The van der Waals surface area contributed by atoms with Gasteiger partial charge in [-0.25, -0.2) is 9.97 Å². The first-order valence-corrected chi connectivity index (χ1v) is 10.0. The van der Waals surface area contributed by atoms with E-state index in [0.29, 0.717) is 6.04 Å².